The molecular formula is C23H22N4O2. The Morgan fingerprint density at radius 3 is 2.55 bits per heavy atom. The molecule has 1 atom stereocenters. The van der Waals surface area contributed by atoms with E-state index < -0.39 is 0 Å². The van der Waals surface area contributed by atoms with Crippen molar-refractivity contribution < 1.29 is 9.59 Å². The van der Waals surface area contributed by atoms with E-state index in [1.165, 1.54) is 12.5 Å². The molecule has 0 aliphatic carbocycles. The number of rotatable bonds is 4. The second-order valence-electron chi connectivity index (χ2n) is 7.18. The van der Waals surface area contributed by atoms with Crippen molar-refractivity contribution in [2.24, 2.45) is 0 Å². The Hall–Kier alpha value is -3.67. The molecule has 1 aliphatic rings. The van der Waals surface area contributed by atoms with E-state index in [0.29, 0.717) is 11.4 Å². The highest BCUT2D eigenvalue weighted by molar-refractivity contribution is 6.06. The predicted octanol–water partition coefficient (Wildman–Crippen LogP) is 4.38. The lowest BCUT2D eigenvalue weighted by molar-refractivity contribution is -0.114. The van der Waals surface area contributed by atoms with Gasteiger partial charge in [-0.3, -0.25) is 9.59 Å². The van der Waals surface area contributed by atoms with Crippen LogP contribution in [0.15, 0.2) is 66.9 Å². The van der Waals surface area contributed by atoms with Gasteiger partial charge in [0.2, 0.25) is 5.91 Å². The van der Waals surface area contributed by atoms with Crippen LogP contribution in [-0.4, -0.2) is 22.8 Å². The Kier molecular flexibility index (Phi) is 4.99. The molecule has 0 bridgehead atoms. The van der Waals surface area contributed by atoms with Crippen LogP contribution < -0.4 is 15.5 Å². The number of pyridine rings is 1. The lowest BCUT2D eigenvalue weighted by Gasteiger charge is -2.22. The maximum Gasteiger partial charge on any atom is 0.277 e. The molecule has 4 rings (SSSR count). The van der Waals surface area contributed by atoms with E-state index in [4.69, 9.17) is 0 Å². The van der Waals surface area contributed by atoms with Crippen LogP contribution >= 0.6 is 0 Å². The van der Waals surface area contributed by atoms with E-state index in [2.05, 4.69) is 28.6 Å². The van der Waals surface area contributed by atoms with Crippen molar-refractivity contribution in [1.82, 2.24) is 4.98 Å². The highest BCUT2D eigenvalue weighted by atomic mass is 16.2. The van der Waals surface area contributed by atoms with Gasteiger partial charge in [0.15, 0.2) is 0 Å². The molecule has 1 aromatic heterocycles. The van der Waals surface area contributed by atoms with E-state index in [1.807, 2.05) is 53.4 Å². The van der Waals surface area contributed by atoms with Gasteiger partial charge >= 0.3 is 0 Å². The Bertz CT molecular complexity index is 1060. The van der Waals surface area contributed by atoms with Gasteiger partial charge < -0.3 is 15.5 Å². The fourth-order valence-corrected chi connectivity index (χ4v) is 3.64. The van der Waals surface area contributed by atoms with Gasteiger partial charge in [-0.1, -0.05) is 24.3 Å². The Morgan fingerprint density at radius 1 is 1.00 bits per heavy atom. The molecule has 0 saturated heterocycles. The van der Waals surface area contributed by atoms with E-state index in [1.54, 1.807) is 12.3 Å². The summed E-state index contributed by atoms with van der Waals surface area (Å²) in [5, 5.41) is 5.99. The summed E-state index contributed by atoms with van der Waals surface area (Å²) in [6.45, 7) is 3.52. The molecule has 6 nitrogen and oxygen atoms in total. The molecule has 0 spiro atoms. The van der Waals surface area contributed by atoms with E-state index >= 15 is 0 Å². The van der Waals surface area contributed by atoms with Crippen molar-refractivity contribution >= 4 is 34.6 Å². The first-order valence-corrected chi connectivity index (χ1v) is 9.53. The number of benzene rings is 2. The molecule has 0 radical (unpaired) electrons. The standard InChI is InChI=1S/C23H22N4O2/c1-15-12-17-6-3-4-9-22(17)27(15)23(29)21-11-10-20(14-24-21)26-19-8-5-7-18(13-19)25-16(2)28/h3-11,13-15,26H,12H2,1-2H3,(H,25,28). The van der Waals surface area contributed by atoms with Crippen LogP contribution in [0.2, 0.25) is 0 Å². The first kappa shape index (κ1) is 18.7. The maximum absolute atomic E-state index is 13.0. The molecule has 6 heteroatoms. The van der Waals surface area contributed by atoms with Gasteiger partial charge in [-0.25, -0.2) is 4.98 Å². The van der Waals surface area contributed by atoms with Gasteiger partial charge in [0.25, 0.3) is 5.91 Å². The molecule has 0 fully saturated rings. The van der Waals surface area contributed by atoms with Crippen LogP contribution in [0.1, 0.15) is 29.9 Å². The second kappa shape index (κ2) is 7.75. The fourth-order valence-electron chi connectivity index (χ4n) is 3.64. The van der Waals surface area contributed by atoms with Crippen molar-refractivity contribution in [2.45, 2.75) is 26.3 Å². The van der Waals surface area contributed by atoms with Gasteiger partial charge in [0.1, 0.15) is 5.69 Å². The average Bonchev–Trinajstić information content (AvgIpc) is 3.03. The number of hydrogen-bond acceptors (Lipinski definition) is 4. The first-order valence-electron chi connectivity index (χ1n) is 9.53. The number of amides is 2. The Morgan fingerprint density at radius 2 is 1.79 bits per heavy atom. The van der Waals surface area contributed by atoms with Gasteiger partial charge in [0.05, 0.1) is 11.9 Å². The number of anilines is 4. The van der Waals surface area contributed by atoms with E-state index in [9.17, 15) is 9.59 Å². The zero-order valence-electron chi connectivity index (χ0n) is 16.3. The van der Waals surface area contributed by atoms with Crippen LogP contribution in [-0.2, 0) is 11.2 Å². The Labute approximate surface area is 169 Å². The monoisotopic (exact) mass is 386 g/mol. The third kappa shape index (κ3) is 3.96. The van der Waals surface area contributed by atoms with Crippen molar-refractivity contribution in [3.05, 3.63) is 78.1 Å². The average molecular weight is 386 g/mol. The number of fused-ring (bicyclic) bond motifs is 1. The van der Waals surface area contributed by atoms with Crippen LogP contribution in [0.3, 0.4) is 0 Å². The molecular weight excluding hydrogens is 364 g/mol. The van der Waals surface area contributed by atoms with E-state index in [0.717, 1.165) is 23.5 Å². The van der Waals surface area contributed by atoms with Crippen molar-refractivity contribution in [3.63, 3.8) is 0 Å². The van der Waals surface area contributed by atoms with Gasteiger partial charge in [0, 0.05) is 30.0 Å². The summed E-state index contributed by atoms with van der Waals surface area (Å²) >= 11 is 0. The van der Waals surface area contributed by atoms with Gasteiger partial charge in [-0.05, 0) is 55.3 Å². The van der Waals surface area contributed by atoms with Crippen molar-refractivity contribution in [2.75, 3.05) is 15.5 Å². The van der Waals surface area contributed by atoms with E-state index in [-0.39, 0.29) is 17.9 Å². The van der Waals surface area contributed by atoms with Crippen LogP contribution in [0.5, 0.6) is 0 Å². The lowest BCUT2D eigenvalue weighted by atomic mass is 10.1. The number of nitrogens with one attached hydrogen (secondary N) is 2. The minimum atomic E-state index is -0.121. The third-order valence-corrected chi connectivity index (χ3v) is 4.88. The number of hydrogen-bond donors (Lipinski definition) is 2. The number of carbonyl (C=O) groups is 2. The van der Waals surface area contributed by atoms with Gasteiger partial charge in [-0.15, -0.1) is 0 Å². The SMILES string of the molecule is CC(=O)Nc1cccc(Nc2ccc(C(=O)N3c4ccccc4CC3C)nc2)c1. The topological polar surface area (TPSA) is 74.3 Å². The van der Waals surface area contributed by atoms with Crippen molar-refractivity contribution in [1.29, 1.82) is 0 Å². The lowest BCUT2D eigenvalue weighted by Crippen LogP contribution is -2.36. The quantitative estimate of drug-likeness (QED) is 0.698. The van der Waals surface area contributed by atoms with Crippen LogP contribution in [0.25, 0.3) is 0 Å². The normalized spacial score (nSPS) is 15.0. The largest absolute Gasteiger partial charge is 0.354 e. The third-order valence-electron chi connectivity index (χ3n) is 4.88. The molecule has 29 heavy (non-hydrogen) atoms. The minimum Gasteiger partial charge on any atom is -0.354 e. The smallest absolute Gasteiger partial charge is 0.277 e. The molecule has 2 amide bonds. The summed E-state index contributed by atoms with van der Waals surface area (Å²) in [6, 6.07) is 19.1. The zero-order valence-corrected chi connectivity index (χ0v) is 16.3. The molecule has 3 aromatic rings. The summed E-state index contributed by atoms with van der Waals surface area (Å²) in [7, 11) is 0. The summed E-state index contributed by atoms with van der Waals surface area (Å²) in [4.78, 5) is 30.5. The molecule has 2 aromatic carbocycles. The fraction of sp³-hybridized carbons (Fsp3) is 0.174. The van der Waals surface area contributed by atoms with Crippen LogP contribution in [0.4, 0.5) is 22.7 Å². The first-order chi connectivity index (χ1) is 14.0. The number of nitrogens with zero attached hydrogens (tertiary/aromatic N) is 2. The molecule has 1 aliphatic heterocycles. The number of carbonyl (C=O) groups excluding carboxylic acids is 2. The molecule has 2 N–H and O–H groups in total. The molecule has 1 unspecified atom stereocenters. The second-order valence-corrected chi connectivity index (χ2v) is 7.18. The predicted molar refractivity (Wildman–Crippen MR) is 115 cm³/mol. The molecule has 146 valence electrons. The van der Waals surface area contributed by atoms with Crippen molar-refractivity contribution in [3.8, 4) is 0 Å². The van der Waals surface area contributed by atoms with Crippen LogP contribution in [0, 0.1) is 0 Å². The number of aromatic nitrogens is 1. The van der Waals surface area contributed by atoms with Gasteiger partial charge in [-0.2, -0.15) is 0 Å². The molecule has 0 saturated carbocycles. The summed E-state index contributed by atoms with van der Waals surface area (Å²) in [5.74, 6) is -0.217. The minimum absolute atomic E-state index is 0.0957. The summed E-state index contributed by atoms with van der Waals surface area (Å²) < 4.78 is 0. The Balaban J connectivity index is 1.50. The summed E-state index contributed by atoms with van der Waals surface area (Å²) in [6.07, 6.45) is 2.50. The number of para-hydroxylation sites is 1. The maximum atomic E-state index is 13.0. The summed E-state index contributed by atoms with van der Waals surface area (Å²) in [5.41, 5.74) is 4.85. The molecule has 2 heterocycles. The zero-order chi connectivity index (χ0) is 20.4. The highest BCUT2D eigenvalue weighted by Crippen LogP contribution is 2.33. The highest BCUT2D eigenvalue weighted by Gasteiger charge is 2.31.